The van der Waals surface area contributed by atoms with E-state index < -0.39 is 0 Å². The van der Waals surface area contributed by atoms with Crippen molar-refractivity contribution in [2.24, 2.45) is 0 Å². The lowest BCUT2D eigenvalue weighted by Gasteiger charge is -2.12. The van der Waals surface area contributed by atoms with Gasteiger partial charge in [0.05, 0.1) is 19.8 Å². The highest BCUT2D eigenvalue weighted by Crippen LogP contribution is 2.24. The molecule has 28 heavy (non-hydrogen) atoms. The molecule has 0 amide bonds. The number of aliphatic hydroxyl groups is 1. The summed E-state index contributed by atoms with van der Waals surface area (Å²) >= 11 is 0. The van der Waals surface area contributed by atoms with Crippen molar-refractivity contribution in [2.45, 2.75) is 110 Å². The maximum absolute atomic E-state index is 9.50. The smallest absolute Gasteiger partial charge is 0.123 e. The molecule has 0 atom stereocenters. The van der Waals surface area contributed by atoms with Crippen LogP contribution in [-0.4, -0.2) is 18.3 Å². The fraction of sp³-hybridized carbons (Fsp3) is 0.760. The Morgan fingerprint density at radius 1 is 0.571 bits per heavy atom. The summed E-state index contributed by atoms with van der Waals surface area (Å²) in [5.41, 5.74) is 0.853. The quantitative estimate of drug-likeness (QED) is 0.249. The second-order valence-electron chi connectivity index (χ2n) is 7.91. The number of ether oxygens (including phenoxy) is 2. The van der Waals surface area contributed by atoms with Crippen LogP contribution in [0.3, 0.4) is 0 Å². The molecule has 0 saturated heterocycles. The minimum Gasteiger partial charge on any atom is -0.493 e. The average molecular weight is 393 g/mol. The van der Waals surface area contributed by atoms with Crippen molar-refractivity contribution in [1.29, 1.82) is 0 Å². The first kappa shape index (κ1) is 24.8. The Morgan fingerprint density at radius 2 is 0.964 bits per heavy atom. The molecule has 0 radical (unpaired) electrons. The summed E-state index contributed by atoms with van der Waals surface area (Å²) in [6, 6.07) is 5.80. The monoisotopic (exact) mass is 392 g/mol. The lowest BCUT2D eigenvalue weighted by Crippen LogP contribution is -2.01. The molecule has 0 aromatic heterocycles. The maximum Gasteiger partial charge on any atom is 0.123 e. The van der Waals surface area contributed by atoms with E-state index in [0.29, 0.717) is 0 Å². The van der Waals surface area contributed by atoms with Gasteiger partial charge in [-0.05, 0) is 30.5 Å². The van der Waals surface area contributed by atoms with Crippen molar-refractivity contribution < 1.29 is 14.6 Å². The highest BCUT2D eigenvalue weighted by Gasteiger charge is 2.04. The number of aliphatic hydroxyl groups excluding tert-OH is 1. The van der Waals surface area contributed by atoms with E-state index in [1.54, 1.807) is 0 Å². The Bertz CT molecular complexity index is 435. The summed E-state index contributed by atoms with van der Waals surface area (Å²) in [6.45, 7) is 5.99. The standard InChI is InChI=1S/C25H44O3/c1-3-5-7-9-11-13-15-17-27-24-19-23(22-26)20-25(21-24)28-18-16-14-12-10-8-6-4-2/h19-21,26H,3-18,22H2,1-2H3. The van der Waals surface area contributed by atoms with E-state index in [1.165, 1.54) is 77.0 Å². The molecule has 1 aromatic carbocycles. The van der Waals surface area contributed by atoms with Crippen molar-refractivity contribution in [2.75, 3.05) is 13.2 Å². The summed E-state index contributed by atoms with van der Waals surface area (Å²) in [6.07, 6.45) is 17.9. The van der Waals surface area contributed by atoms with Crippen molar-refractivity contribution in [3.63, 3.8) is 0 Å². The zero-order valence-corrected chi connectivity index (χ0v) is 18.5. The molecule has 0 aliphatic rings. The molecule has 0 unspecified atom stereocenters. The minimum absolute atomic E-state index is 0.0163. The predicted molar refractivity (Wildman–Crippen MR) is 119 cm³/mol. The average Bonchev–Trinajstić information content (AvgIpc) is 2.71. The summed E-state index contributed by atoms with van der Waals surface area (Å²) in [5, 5.41) is 9.50. The van der Waals surface area contributed by atoms with Gasteiger partial charge in [0.15, 0.2) is 0 Å². The SMILES string of the molecule is CCCCCCCCCOc1cc(CO)cc(OCCCCCCCCC)c1. The van der Waals surface area contributed by atoms with Gasteiger partial charge in [0.25, 0.3) is 0 Å². The predicted octanol–water partition coefficient (Wildman–Crippen LogP) is 7.44. The fourth-order valence-electron chi connectivity index (χ4n) is 3.39. The van der Waals surface area contributed by atoms with Crippen molar-refractivity contribution in [1.82, 2.24) is 0 Å². The first-order chi connectivity index (χ1) is 13.8. The van der Waals surface area contributed by atoms with Crippen LogP contribution in [0.5, 0.6) is 11.5 Å². The second-order valence-corrected chi connectivity index (χ2v) is 7.91. The molecular formula is C25H44O3. The van der Waals surface area contributed by atoms with Crippen molar-refractivity contribution >= 4 is 0 Å². The van der Waals surface area contributed by atoms with Crippen LogP contribution in [0.1, 0.15) is 109 Å². The zero-order chi connectivity index (χ0) is 20.3. The summed E-state index contributed by atoms with van der Waals surface area (Å²) in [4.78, 5) is 0. The molecule has 1 aromatic rings. The minimum atomic E-state index is 0.0163. The van der Waals surface area contributed by atoms with Crippen LogP contribution in [0.15, 0.2) is 18.2 Å². The number of hydrogen-bond acceptors (Lipinski definition) is 3. The van der Waals surface area contributed by atoms with E-state index in [2.05, 4.69) is 13.8 Å². The van der Waals surface area contributed by atoms with Crippen LogP contribution in [0.4, 0.5) is 0 Å². The van der Waals surface area contributed by atoms with Gasteiger partial charge < -0.3 is 14.6 Å². The molecule has 0 aliphatic carbocycles. The van der Waals surface area contributed by atoms with Crippen LogP contribution in [0.25, 0.3) is 0 Å². The molecule has 162 valence electrons. The van der Waals surface area contributed by atoms with Gasteiger partial charge >= 0.3 is 0 Å². The van der Waals surface area contributed by atoms with Crippen molar-refractivity contribution in [3.8, 4) is 11.5 Å². The van der Waals surface area contributed by atoms with Gasteiger partial charge in [0, 0.05) is 6.07 Å². The molecule has 0 bridgehead atoms. The van der Waals surface area contributed by atoms with E-state index in [4.69, 9.17) is 9.47 Å². The number of rotatable bonds is 19. The topological polar surface area (TPSA) is 38.7 Å². The first-order valence-corrected chi connectivity index (χ1v) is 11.8. The largest absolute Gasteiger partial charge is 0.493 e. The van der Waals surface area contributed by atoms with Gasteiger partial charge in [-0.25, -0.2) is 0 Å². The van der Waals surface area contributed by atoms with Gasteiger partial charge in [-0.15, -0.1) is 0 Å². The third-order valence-electron chi connectivity index (χ3n) is 5.16. The molecule has 3 nitrogen and oxygen atoms in total. The lowest BCUT2D eigenvalue weighted by molar-refractivity contribution is 0.271. The van der Waals surface area contributed by atoms with Gasteiger partial charge in [0.1, 0.15) is 11.5 Å². The summed E-state index contributed by atoms with van der Waals surface area (Å²) < 4.78 is 11.8. The Balaban J connectivity index is 2.22. The molecule has 0 saturated carbocycles. The number of benzene rings is 1. The van der Waals surface area contributed by atoms with Gasteiger partial charge in [-0.1, -0.05) is 90.9 Å². The van der Waals surface area contributed by atoms with Gasteiger partial charge in [0.2, 0.25) is 0 Å². The molecule has 0 spiro atoms. The molecule has 0 aliphatic heterocycles. The molecule has 0 fully saturated rings. The normalized spacial score (nSPS) is 11.0. The summed E-state index contributed by atoms with van der Waals surface area (Å²) in [7, 11) is 0. The molecular weight excluding hydrogens is 348 g/mol. The van der Waals surface area contributed by atoms with Gasteiger partial charge in [-0.2, -0.15) is 0 Å². The van der Waals surface area contributed by atoms with E-state index in [1.807, 2.05) is 18.2 Å². The second kappa shape index (κ2) is 17.8. The first-order valence-electron chi connectivity index (χ1n) is 11.8. The van der Waals surface area contributed by atoms with Crippen molar-refractivity contribution in [3.05, 3.63) is 23.8 Å². The highest BCUT2D eigenvalue weighted by atomic mass is 16.5. The molecule has 0 heterocycles. The van der Waals surface area contributed by atoms with Crippen LogP contribution in [-0.2, 0) is 6.61 Å². The third-order valence-corrected chi connectivity index (χ3v) is 5.16. The third kappa shape index (κ3) is 13.0. The molecule has 1 rings (SSSR count). The van der Waals surface area contributed by atoms with E-state index in [0.717, 1.165) is 43.1 Å². The number of unbranched alkanes of at least 4 members (excludes halogenated alkanes) is 12. The molecule has 1 N–H and O–H groups in total. The van der Waals surface area contributed by atoms with Crippen LogP contribution >= 0.6 is 0 Å². The highest BCUT2D eigenvalue weighted by molar-refractivity contribution is 5.38. The Kier molecular flexibility index (Phi) is 15.8. The molecule has 3 heteroatoms. The number of hydrogen-bond donors (Lipinski definition) is 1. The van der Waals surface area contributed by atoms with E-state index in [9.17, 15) is 5.11 Å². The Labute approximate surface area is 173 Å². The van der Waals surface area contributed by atoms with Crippen LogP contribution < -0.4 is 9.47 Å². The Morgan fingerprint density at radius 3 is 1.36 bits per heavy atom. The Hall–Kier alpha value is -1.22. The van der Waals surface area contributed by atoms with Crippen LogP contribution in [0, 0.1) is 0 Å². The fourth-order valence-corrected chi connectivity index (χ4v) is 3.39. The van der Waals surface area contributed by atoms with E-state index in [-0.39, 0.29) is 6.61 Å². The van der Waals surface area contributed by atoms with E-state index >= 15 is 0 Å². The summed E-state index contributed by atoms with van der Waals surface area (Å²) in [5.74, 6) is 1.62. The van der Waals surface area contributed by atoms with Gasteiger partial charge in [-0.3, -0.25) is 0 Å². The maximum atomic E-state index is 9.50. The zero-order valence-electron chi connectivity index (χ0n) is 18.5. The van der Waals surface area contributed by atoms with Crippen LogP contribution in [0.2, 0.25) is 0 Å². The lowest BCUT2D eigenvalue weighted by atomic mass is 10.1.